The van der Waals surface area contributed by atoms with Crippen molar-refractivity contribution < 1.29 is 13.2 Å². The normalized spacial score (nSPS) is 11.6. The van der Waals surface area contributed by atoms with Crippen LogP contribution in [0, 0.1) is 0 Å². The van der Waals surface area contributed by atoms with Crippen LogP contribution in [0.4, 0.5) is 13.2 Å². The van der Waals surface area contributed by atoms with E-state index in [1.165, 1.54) is 12.1 Å². The van der Waals surface area contributed by atoms with Gasteiger partial charge in [-0.15, -0.1) is 0 Å². The lowest BCUT2D eigenvalue weighted by Crippen LogP contribution is -2.11. The Bertz CT molecular complexity index is 3240. The van der Waals surface area contributed by atoms with Crippen LogP contribution in [0.3, 0.4) is 0 Å². The maximum atomic E-state index is 15.7. The summed E-state index contributed by atoms with van der Waals surface area (Å²) >= 11 is 0. The zero-order chi connectivity index (χ0) is 43.9. The second kappa shape index (κ2) is 16.3. The Hall–Kier alpha value is -8.49. The van der Waals surface area contributed by atoms with E-state index in [2.05, 4.69) is 18.2 Å². The molecule has 0 unspecified atom stereocenters. The summed E-state index contributed by atoms with van der Waals surface area (Å²) in [6.07, 6.45) is -4.78. The molecule has 0 bridgehead atoms. The molecular weight excluding hydrogens is 812 g/mol. The molecule has 0 saturated heterocycles. The third-order valence-corrected chi connectivity index (χ3v) is 11.7. The van der Waals surface area contributed by atoms with E-state index in [4.69, 9.17) is 19.9 Å². The summed E-state index contributed by atoms with van der Waals surface area (Å²) in [6.45, 7) is 0. The lowest BCUT2D eigenvalue weighted by atomic mass is 9.98. The summed E-state index contributed by atoms with van der Waals surface area (Å²) in [6, 6.07) is 68.9. The van der Waals surface area contributed by atoms with Crippen LogP contribution in [0.5, 0.6) is 0 Å². The van der Waals surface area contributed by atoms with Crippen molar-refractivity contribution in [1.82, 2.24) is 24.5 Å². The van der Waals surface area contributed by atoms with Gasteiger partial charge in [-0.25, -0.2) is 19.9 Å². The van der Waals surface area contributed by atoms with Crippen molar-refractivity contribution in [1.29, 1.82) is 0 Å². The molecule has 8 aromatic carbocycles. The highest BCUT2D eigenvalue weighted by molar-refractivity contribution is 6.11. The SMILES string of the molecule is FC(F)(F)c1cc(-c2nc(-c3ccccc3)cc(-c3ccccc3)n2)c(-n2c3ccccc3c3ccc(-c4ccccc4)cc32)c(-c2nc(-c3ccccc3)cc(-c3ccccc3)n2)c1. The van der Waals surface area contributed by atoms with Gasteiger partial charge in [0.25, 0.3) is 0 Å². The van der Waals surface area contributed by atoms with E-state index in [1.807, 2.05) is 193 Å². The zero-order valence-corrected chi connectivity index (χ0v) is 34.7. The molecule has 65 heavy (non-hydrogen) atoms. The minimum atomic E-state index is -4.78. The molecular formula is C57H36F3N5. The average molecular weight is 848 g/mol. The zero-order valence-electron chi connectivity index (χ0n) is 34.7. The lowest BCUT2D eigenvalue weighted by Gasteiger charge is -2.21. The van der Waals surface area contributed by atoms with Crippen molar-refractivity contribution in [2.24, 2.45) is 0 Å². The fraction of sp³-hybridized carbons (Fsp3) is 0.0175. The summed E-state index contributed by atoms with van der Waals surface area (Å²) < 4.78 is 49.1. The molecule has 310 valence electrons. The Morgan fingerprint density at radius 3 is 1.11 bits per heavy atom. The third kappa shape index (κ3) is 7.51. The fourth-order valence-corrected chi connectivity index (χ4v) is 8.56. The largest absolute Gasteiger partial charge is 0.416 e. The first-order chi connectivity index (χ1) is 31.9. The minimum Gasteiger partial charge on any atom is -0.308 e. The van der Waals surface area contributed by atoms with Gasteiger partial charge in [-0.2, -0.15) is 13.2 Å². The number of para-hydroxylation sites is 1. The van der Waals surface area contributed by atoms with Gasteiger partial charge in [0, 0.05) is 44.2 Å². The quantitative estimate of drug-likeness (QED) is 0.153. The van der Waals surface area contributed by atoms with Crippen LogP contribution < -0.4 is 0 Å². The van der Waals surface area contributed by atoms with Gasteiger partial charge in [0.05, 0.1) is 45.1 Å². The number of hydrogen-bond acceptors (Lipinski definition) is 4. The Kier molecular flexibility index (Phi) is 9.89. The number of fused-ring (bicyclic) bond motifs is 3. The van der Waals surface area contributed by atoms with Crippen LogP contribution in [0.15, 0.2) is 218 Å². The van der Waals surface area contributed by atoms with Gasteiger partial charge in [-0.1, -0.05) is 182 Å². The van der Waals surface area contributed by atoms with E-state index in [-0.39, 0.29) is 22.8 Å². The molecule has 11 rings (SSSR count). The van der Waals surface area contributed by atoms with Crippen LogP contribution in [0.1, 0.15) is 5.56 Å². The maximum Gasteiger partial charge on any atom is 0.416 e. The van der Waals surface area contributed by atoms with Crippen molar-refractivity contribution in [3.05, 3.63) is 224 Å². The first-order valence-corrected chi connectivity index (χ1v) is 21.2. The van der Waals surface area contributed by atoms with Gasteiger partial charge in [-0.05, 0) is 47.5 Å². The molecule has 0 fully saturated rings. The fourth-order valence-electron chi connectivity index (χ4n) is 8.56. The third-order valence-electron chi connectivity index (χ3n) is 11.7. The molecule has 0 saturated carbocycles. The number of halogens is 3. The first-order valence-electron chi connectivity index (χ1n) is 21.2. The predicted octanol–water partition coefficient (Wildman–Crippen LogP) is 15.1. The van der Waals surface area contributed by atoms with Crippen molar-refractivity contribution in [2.75, 3.05) is 0 Å². The smallest absolute Gasteiger partial charge is 0.308 e. The lowest BCUT2D eigenvalue weighted by molar-refractivity contribution is -0.137. The van der Waals surface area contributed by atoms with Crippen molar-refractivity contribution in [3.63, 3.8) is 0 Å². The van der Waals surface area contributed by atoms with Gasteiger partial charge in [0.2, 0.25) is 0 Å². The molecule has 0 aliphatic carbocycles. The molecule has 0 aliphatic rings. The van der Waals surface area contributed by atoms with E-state index in [0.29, 0.717) is 28.5 Å². The van der Waals surface area contributed by atoms with Crippen molar-refractivity contribution in [2.45, 2.75) is 6.18 Å². The van der Waals surface area contributed by atoms with E-state index >= 15 is 13.2 Å². The predicted molar refractivity (Wildman–Crippen MR) is 255 cm³/mol. The second-order valence-electron chi connectivity index (χ2n) is 15.8. The van der Waals surface area contributed by atoms with Crippen molar-refractivity contribution >= 4 is 21.8 Å². The van der Waals surface area contributed by atoms with Crippen molar-refractivity contribution in [3.8, 4) is 84.6 Å². The van der Waals surface area contributed by atoms with Gasteiger partial charge in [0.1, 0.15) is 0 Å². The standard InChI is InChI=1S/C57H36F3N5/c58-57(59,60)43-33-46(55-61-48(38-20-8-2-9-21-38)35-49(62-55)39-22-10-3-11-23-39)54(65-52-29-17-16-28-44(52)45-31-30-42(32-53(45)65)37-18-6-1-7-19-37)47(34-43)56-63-50(40-24-12-4-13-25-40)36-51(64-56)41-26-14-5-15-27-41/h1-36H. The Morgan fingerprint density at radius 2 is 0.692 bits per heavy atom. The van der Waals surface area contributed by atoms with Crippen LogP contribution in [0.2, 0.25) is 0 Å². The molecule has 3 aromatic heterocycles. The molecule has 0 spiro atoms. The number of hydrogen-bond donors (Lipinski definition) is 0. The molecule has 0 atom stereocenters. The number of rotatable bonds is 8. The monoisotopic (exact) mass is 847 g/mol. The van der Waals surface area contributed by atoms with E-state index in [1.54, 1.807) is 0 Å². The number of aromatic nitrogens is 5. The molecule has 8 heteroatoms. The van der Waals surface area contributed by atoms with Gasteiger partial charge < -0.3 is 4.57 Å². The average Bonchev–Trinajstić information content (AvgIpc) is 3.70. The molecule has 0 aliphatic heterocycles. The minimum absolute atomic E-state index is 0.111. The van der Waals surface area contributed by atoms with Crippen LogP contribution in [-0.2, 0) is 6.18 Å². The molecule has 0 amide bonds. The summed E-state index contributed by atoms with van der Waals surface area (Å²) in [5.41, 5.74) is 8.72. The number of nitrogens with zero attached hydrogens (tertiary/aromatic N) is 5. The van der Waals surface area contributed by atoms with Gasteiger partial charge >= 0.3 is 6.18 Å². The molecule has 0 N–H and O–H groups in total. The molecule has 11 aromatic rings. The molecule has 3 heterocycles. The molecule has 0 radical (unpaired) electrons. The summed E-state index contributed by atoms with van der Waals surface area (Å²) in [7, 11) is 0. The summed E-state index contributed by atoms with van der Waals surface area (Å²) in [4.78, 5) is 20.6. The summed E-state index contributed by atoms with van der Waals surface area (Å²) in [5, 5.41) is 1.84. The Balaban J connectivity index is 1.32. The topological polar surface area (TPSA) is 56.5 Å². The number of alkyl halides is 3. The Labute approximate surface area is 372 Å². The van der Waals surface area contributed by atoms with E-state index in [9.17, 15) is 0 Å². The van der Waals surface area contributed by atoms with Crippen LogP contribution in [0.25, 0.3) is 106 Å². The highest BCUT2D eigenvalue weighted by atomic mass is 19.4. The maximum absolute atomic E-state index is 15.7. The molecule has 5 nitrogen and oxygen atoms in total. The van der Waals surface area contributed by atoms with Gasteiger partial charge in [0.15, 0.2) is 11.6 Å². The highest BCUT2D eigenvalue weighted by Gasteiger charge is 2.35. The van der Waals surface area contributed by atoms with E-state index < -0.39 is 11.7 Å². The van der Waals surface area contributed by atoms with Gasteiger partial charge in [-0.3, -0.25) is 0 Å². The second-order valence-corrected chi connectivity index (χ2v) is 15.8. The van der Waals surface area contributed by atoms with E-state index in [0.717, 1.165) is 55.2 Å². The summed E-state index contributed by atoms with van der Waals surface area (Å²) in [5.74, 6) is 0.223. The Morgan fingerprint density at radius 1 is 0.323 bits per heavy atom. The highest BCUT2D eigenvalue weighted by Crippen LogP contribution is 2.45. The van der Waals surface area contributed by atoms with Crippen LogP contribution >= 0.6 is 0 Å². The van der Waals surface area contributed by atoms with Crippen LogP contribution in [-0.4, -0.2) is 24.5 Å². The number of benzene rings is 8. The first kappa shape index (κ1) is 39.4.